The van der Waals surface area contributed by atoms with E-state index < -0.39 is 11.7 Å². The van der Waals surface area contributed by atoms with Crippen molar-refractivity contribution in [3.8, 4) is 5.75 Å². The molecule has 2 aliphatic rings. The number of likely N-dealkylation sites (N-methyl/N-ethyl adjacent to an activating group) is 1. The van der Waals surface area contributed by atoms with Crippen molar-refractivity contribution in [2.75, 3.05) is 13.6 Å². The summed E-state index contributed by atoms with van der Waals surface area (Å²) in [5, 5.41) is 10.3. The summed E-state index contributed by atoms with van der Waals surface area (Å²) in [6, 6.07) is 3.01. The Balaban J connectivity index is 0.000000989. The lowest BCUT2D eigenvalue weighted by Gasteiger charge is -2.30. The Morgan fingerprint density at radius 3 is 2.24 bits per heavy atom. The van der Waals surface area contributed by atoms with E-state index in [9.17, 15) is 18.3 Å². The van der Waals surface area contributed by atoms with Crippen LogP contribution in [0.1, 0.15) is 77.0 Å². The lowest BCUT2D eigenvalue weighted by atomic mass is 9.89. The summed E-state index contributed by atoms with van der Waals surface area (Å²) in [5.74, 6) is -0.316. The van der Waals surface area contributed by atoms with Gasteiger partial charge in [0.15, 0.2) is 0 Å². The molecule has 3 N–H and O–H groups in total. The van der Waals surface area contributed by atoms with Gasteiger partial charge in [-0.3, -0.25) is 4.90 Å². The number of alkyl halides is 3. The van der Waals surface area contributed by atoms with Crippen LogP contribution in [0.2, 0.25) is 0 Å². The first-order valence-corrected chi connectivity index (χ1v) is 10.6. The Labute approximate surface area is 173 Å². The van der Waals surface area contributed by atoms with Gasteiger partial charge in [0.2, 0.25) is 0 Å². The fourth-order valence-electron chi connectivity index (χ4n) is 3.85. The van der Waals surface area contributed by atoms with Gasteiger partial charge in [-0.15, -0.1) is 0 Å². The molecule has 29 heavy (non-hydrogen) atoms. The number of phenols is 1. The van der Waals surface area contributed by atoms with Gasteiger partial charge in [-0.05, 0) is 62.1 Å². The molecule has 3 nitrogen and oxygen atoms in total. The number of rotatable bonds is 1. The van der Waals surface area contributed by atoms with Crippen molar-refractivity contribution in [3.05, 3.63) is 52.2 Å². The van der Waals surface area contributed by atoms with Crippen LogP contribution in [-0.2, 0) is 6.18 Å². The van der Waals surface area contributed by atoms with E-state index in [0.29, 0.717) is 12.1 Å². The number of halogens is 3. The Kier molecular flexibility index (Phi) is 9.77. The number of nitrogens with two attached hydrogens (primary N) is 1. The molecule has 1 unspecified atom stereocenters. The average molecular weight is 413 g/mol. The number of benzene rings is 1. The molecule has 3 rings (SSSR count). The summed E-state index contributed by atoms with van der Waals surface area (Å²) in [7, 11) is 1.91. The van der Waals surface area contributed by atoms with E-state index in [-0.39, 0.29) is 11.8 Å². The quantitative estimate of drug-likeness (QED) is 0.550. The van der Waals surface area contributed by atoms with Crippen molar-refractivity contribution in [3.63, 3.8) is 0 Å². The van der Waals surface area contributed by atoms with E-state index in [4.69, 9.17) is 5.73 Å². The fourth-order valence-corrected chi connectivity index (χ4v) is 3.85. The van der Waals surface area contributed by atoms with Crippen LogP contribution in [0.3, 0.4) is 0 Å². The number of hydrogen-bond acceptors (Lipinski definition) is 3. The molecule has 1 heterocycles. The zero-order valence-electron chi connectivity index (χ0n) is 18.2. The van der Waals surface area contributed by atoms with Crippen LogP contribution in [0.5, 0.6) is 5.75 Å². The first kappa shape index (κ1) is 25.1. The highest BCUT2D eigenvalue weighted by Crippen LogP contribution is 2.43. The van der Waals surface area contributed by atoms with Crippen molar-refractivity contribution in [1.29, 1.82) is 0 Å². The lowest BCUT2D eigenvalue weighted by molar-refractivity contribution is -0.137. The highest BCUT2D eigenvalue weighted by Gasteiger charge is 2.34. The van der Waals surface area contributed by atoms with Gasteiger partial charge in [0.25, 0.3) is 0 Å². The van der Waals surface area contributed by atoms with Gasteiger partial charge < -0.3 is 10.8 Å². The summed E-state index contributed by atoms with van der Waals surface area (Å²) < 4.78 is 38.7. The maximum atomic E-state index is 12.9. The fraction of sp³-hybridized carbons (Fsp3) is 0.565. The number of nitrogens with zero attached hydrogens (tertiary/aromatic N) is 1. The molecule has 1 aliphatic heterocycles. The van der Waals surface area contributed by atoms with E-state index in [1.54, 1.807) is 0 Å². The predicted molar refractivity (Wildman–Crippen MR) is 114 cm³/mol. The van der Waals surface area contributed by atoms with Crippen molar-refractivity contribution < 1.29 is 18.3 Å². The molecule has 0 spiro atoms. The summed E-state index contributed by atoms with van der Waals surface area (Å²) in [6.45, 7) is 8.59. The van der Waals surface area contributed by atoms with Crippen LogP contribution in [0.15, 0.2) is 41.1 Å². The normalized spacial score (nSPS) is 20.1. The second-order valence-corrected chi connectivity index (χ2v) is 6.84. The standard InChI is InChI=1S/C19H23F3N2O.2C2H6/c1-24-10-9-16(23)13-5-3-2-4-6-14(13)18(24)15-8-7-12(11-17(15)25)19(20,21)22;2*1-2/h7-9,11,18,25H,2-6,10,23H2,1H3;2*1-2H3. The zero-order valence-corrected chi connectivity index (χ0v) is 18.2. The Hall–Kier alpha value is -1.95. The van der Waals surface area contributed by atoms with Gasteiger partial charge in [-0.1, -0.05) is 40.2 Å². The average Bonchev–Trinajstić information content (AvgIpc) is 3.01. The van der Waals surface area contributed by atoms with E-state index >= 15 is 0 Å². The summed E-state index contributed by atoms with van der Waals surface area (Å²) >= 11 is 0. The van der Waals surface area contributed by atoms with Crippen LogP contribution in [0.4, 0.5) is 13.2 Å². The molecule has 0 radical (unpaired) electrons. The monoisotopic (exact) mass is 412 g/mol. The molecule has 1 atom stereocenters. The maximum Gasteiger partial charge on any atom is 0.416 e. The SMILES string of the molecule is CC.CC.CN1CC=C(N)C2=C(CCCCC2)C1c1ccc(C(F)(F)F)cc1O. The van der Waals surface area contributed by atoms with Gasteiger partial charge in [0.1, 0.15) is 5.75 Å². The topological polar surface area (TPSA) is 49.5 Å². The second-order valence-electron chi connectivity index (χ2n) is 6.84. The predicted octanol–water partition coefficient (Wildman–Crippen LogP) is 6.55. The van der Waals surface area contributed by atoms with Crippen LogP contribution in [-0.4, -0.2) is 23.6 Å². The van der Waals surface area contributed by atoms with Crippen molar-refractivity contribution in [2.24, 2.45) is 5.73 Å². The van der Waals surface area contributed by atoms with E-state index in [0.717, 1.165) is 61.1 Å². The number of phenolic OH excluding ortho intramolecular Hbond substituents is 1. The Bertz CT molecular complexity index is 723. The molecule has 1 aromatic rings. The molecule has 0 saturated heterocycles. The number of allylic oxidation sites excluding steroid dienone is 1. The van der Waals surface area contributed by atoms with Gasteiger partial charge in [0.05, 0.1) is 11.6 Å². The summed E-state index contributed by atoms with van der Waals surface area (Å²) in [4.78, 5) is 2.03. The molecule has 6 heteroatoms. The maximum absolute atomic E-state index is 12.9. The van der Waals surface area contributed by atoms with Gasteiger partial charge in [-0.2, -0.15) is 13.2 Å². The van der Waals surface area contributed by atoms with Crippen LogP contribution in [0, 0.1) is 0 Å². The van der Waals surface area contributed by atoms with Crippen molar-refractivity contribution in [1.82, 2.24) is 4.90 Å². The Morgan fingerprint density at radius 2 is 1.66 bits per heavy atom. The van der Waals surface area contributed by atoms with Crippen LogP contribution >= 0.6 is 0 Å². The zero-order chi connectivity index (χ0) is 22.2. The molecule has 0 fully saturated rings. The smallest absolute Gasteiger partial charge is 0.416 e. The molecule has 0 amide bonds. The van der Waals surface area contributed by atoms with Crippen molar-refractivity contribution in [2.45, 2.75) is 72.0 Å². The van der Waals surface area contributed by atoms with E-state index in [1.165, 1.54) is 6.07 Å². The molecule has 0 bridgehead atoms. The highest BCUT2D eigenvalue weighted by molar-refractivity contribution is 5.47. The van der Waals surface area contributed by atoms with E-state index in [2.05, 4.69) is 0 Å². The van der Waals surface area contributed by atoms with Crippen molar-refractivity contribution >= 4 is 0 Å². The summed E-state index contributed by atoms with van der Waals surface area (Å²) in [6.07, 6.45) is 2.41. The minimum atomic E-state index is -4.47. The molecule has 164 valence electrons. The molecule has 0 aromatic heterocycles. The molecular weight excluding hydrogens is 377 g/mol. The molecule has 1 aromatic carbocycles. The lowest BCUT2D eigenvalue weighted by Crippen LogP contribution is -2.26. The Morgan fingerprint density at radius 1 is 1.03 bits per heavy atom. The first-order chi connectivity index (χ1) is 13.8. The first-order valence-electron chi connectivity index (χ1n) is 10.6. The number of hydrogen-bond donors (Lipinski definition) is 2. The third-order valence-corrected chi connectivity index (χ3v) is 5.13. The summed E-state index contributed by atoms with van der Waals surface area (Å²) in [5.41, 5.74) is 8.91. The number of aromatic hydroxyl groups is 1. The minimum absolute atomic E-state index is 0.257. The van der Waals surface area contributed by atoms with E-state index in [1.807, 2.05) is 45.7 Å². The molecule has 0 saturated carbocycles. The van der Waals surface area contributed by atoms with Crippen LogP contribution < -0.4 is 5.73 Å². The third-order valence-electron chi connectivity index (χ3n) is 5.13. The largest absolute Gasteiger partial charge is 0.508 e. The van der Waals surface area contributed by atoms with Gasteiger partial charge in [-0.25, -0.2) is 0 Å². The highest BCUT2D eigenvalue weighted by atomic mass is 19.4. The molecule has 1 aliphatic carbocycles. The van der Waals surface area contributed by atoms with Gasteiger partial charge in [0, 0.05) is 17.8 Å². The van der Waals surface area contributed by atoms with Gasteiger partial charge >= 0.3 is 6.18 Å². The van der Waals surface area contributed by atoms with Crippen LogP contribution in [0.25, 0.3) is 0 Å². The second kappa shape index (κ2) is 11.3. The third kappa shape index (κ3) is 6.01. The minimum Gasteiger partial charge on any atom is -0.508 e. The molecular formula is C23H35F3N2O.